The second-order valence-corrected chi connectivity index (χ2v) is 19.9. The van der Waals surface area contributed by atoms with Crippen LogP contribution in [0.2, 0.25) is 0 Å². The molecule has 3 heterocycles. The molecule has 2 saturated heterocycles. The normalized spacial score (nSPS) is 16.7. The molecule has 380 valence electrons. The molecule has 0 radical (unpaired) electrons. The maximum Gasteiger partial charge on any atom is 0.435 e. The van der Waals surface area contributed by atoms with Crippen molar-refractivity contribution in [2.75, 3.05) is 18.8 Å². The number of fused-ring (bicyclic) bond motifs is 1. The van der Waals surface area contributed by atoms with Crippen molar-refractivity contribution in [1.82, 2.24) is 36.4 Å². The Labute approximate surface area is 411 Å². The first-order chi connectivity index (χ1) is 33.8. The maximum absolute atomic E-state index is 14.0. The lowest BCUT2D eigenvalue weighted by molar-refractivity contribution is -0.141. The number of rotatable bonds is 24. The molecule has 2 aliphatic heterocycles. The number of phenolic OH excluding ortho intramolecular Hbond substituents is 1. The van der Waals surface area contributed by atoms with Gasteiger partial charge in [0.1, 0.15) is 17.5 Å². The average Bonchev–Trinajstić information content (AvgIpc) is 4.04. The third-order valence-electron chi connectivity index (χ3n) is 11.8. The van der Waals surface area contributed by atoms with Crippen molar-refractivity contribution in [2.45, 2.75) is 112 Å². The van der Waals surface area contributed by atoms with Crippen molar-refractivity contribution < 1.29 is 55.4 Å². The van der Waals surface area contributed by atoms with Crippen molar-refractivity contribution in [2.24, 2.45) is 10.3 Å². The number of urea groups is 1. The SMILES string of the molecule is Cc1cc(O)c(-c2cc(C(F)(F)F)nn2-c2ccc(S(N)(=O)=O)cc2)cc1OC(=O)[C@H](CCCCNC(=O)CCCCCNC(=O)CCCC[C@@H]1SC[C@@H]2NC(=O)N[C@H]21)NC(=O)c1ccc(N=[N+]=[N-])cc1. The van der Waals surface area contributed by atoms with Gasteiger partial charge in [-0.3, -0.25) is 14.4 Å². The fraction of sp³-hybridized carbons (Fsp3) is 0.435. The molecular weight excluding hydrogens is 972 g/mol. The highest BCUT2D eigenvalue weighted by atomic mass is 32.2. The zero-order valence-electron chi connectivity index (χ0n) is 38.5. The van der Waals surface area contributed by atoms with Crippen LogP contribution >= 0.6 is 11.8 Å². The molecule has 6 rings (SSSR count). The molecule has 0 aliphatic carbocycles. The Morgan fingerprint density at radius 1 is 0.958 bits per heavy atom. The maximum atomic E-state index is 14.0. The first-order valence-corrected chi connectivity index (χ1v) is 25.4. The number of alkyl halides is 3. The number of nitrogens with zero attached hydrogens (tertiary/aromatic N) is 5. The van der Waals surface area contributed by atoms with Crippen LogP contribution < -0.4 is 36.5 Å². The summed E-state index contributed by atoms with van der Waals surface area (Å²) in [7, 11) is -4.14. The number of hydrogen-bond donors (Lipinski definition) is 7. The molecule has 3 aromatic carbocycles. The summed E-state index contributed by atoms with van der Waals surface area (Å²) in [5, 5.41) is 38.1. The van der Waals surface area contributed by atoms with Gasteiger partial charge >= 0.3 is 18.2 Å². The van der Waals surface area contributed by atoms with Gasteiger partial charge in [0.2, 0.25) is 21.8 Å². The van der Waals surface area contributed by atoms with Gasteiger partial charge < -0.3 is 36.4 Å². The van der Waals surface area contributed by atoms with Crippen molar-refractivity contribution in [3.05, 3.63) is 94.0 Å². The number of azide groups is 1. The van der Waals surface area contributed by atoms with E-state index in [2.05, 4.69) is 41.7 Å². The number of thioether (sulfide) groups is 1. The van der Waals surface area contributed by atoms with Crippen molar-refractivity contribution in [1.29, 1.82) is 0 Å². The van der Waals surface area contributed by atoms with Crippen LogP contribution in [0.3, 0.4) is 0 Å². The summed E-state index contributed by atoms with van der Waals surface area (Å²) in [6.45, 7) is 2.24. The zero-order chi connectivity index (χ0) is 51.3. The van der Waals surface area contributed by atoms with E-state index >= 15 is 0 Å². The fourth-order valence-electron chi connectivity index (χ4n) is 8.04. The zero-order valence-corrected chi connectivity index (χ0v) is 40.2. The Morgan fingerprint density at radius 3 is 2.27 bits per heavy atom. The lowest BCUT2D eigenvalue weighted by Crippen LogP contribution is -2.43. The van der Waals surface area contributed by atoms with Gasteiger partial charge in [-0.2, -0.15) is 30.0 Å². The third kappa shape index (κ3) is 15.1. The second kappa shape index (κ2) is 24.3. The molecule has 0 unspecified atom stereocenters. The lowest BCUT2D eigenvalue weighted by Gasteiger charge is -2.19. The van der Waals surface area contributed by atoms with E-state index in [-0.39, 0.29) is 93.7 Å². The number of aryl methyl sites for hydroxylation is 1. The fourth-order valence-corrected chi connectivity index (χ4v) is 10.1. The molecule has 2 fully saturated rings. The number of ether oxygens (including phenoxy) is 1. The third-order valence-corrected chi connectivity index (χ3v) is 14.2. The number of sulfonamides is 1. The number of carbonyl (C=O) groups is 5. The summed E-state index contributed by atoms with van der Waals surface area (Å²) in [4.78, 5) is 66.2. The minimum atomic E-state index is -4.94. The molecule has 20 nitrogen and oxygen atoms in total. The molecule has 1 aromatic heterocycles. The highest BCUT2D eigenvalue weighted by Gasteiger charge is 2.42. The Hall–Kier alpha value is -6.82. The summed E-state index contributed by atoms with van der Waals surface area (Å²) >= 11 is 1.85. The second-order valence-electron chi connectivity index (χ2n) is 17.1. The van der Waals surface area contributed by atoms with Gasteiger partial charge in [-0.15, -0.1) is 0 Å². The van der Waals surface area contributed by atoms with E-state index in [1.54, 1.807) is 0 Å². The van der Waals surface area contributed by atoms with Gasteiger partial charge in [0, 0.05) is 58.7 Å². The monoisotopic (exact) mass is 1030 g/mol. The number of hydrogen-bond acceptors (Lipinski definition) is 12. The van der Waals surface area contributed by atoms with Gasteiger partial charge in [0.05, 0.1) is 28.4 Å². The summed E-state index contributed by atoms with van der Waals surface area (Å²) < 4.78 is 72.3. The van der Waals surface area contributed by atoms with Crippen LogP contribution in [0.1, 0.15) is 92.2 Å². The number of benzene rings is 3. The quantitative estimate of drug-likeness (QED) is 0.00750. The molecule has 0 spiro atoms. The van der Waals surface area contributed by atoms with Crippen molar-refractivity contribution >= 4 is 57.2 Å². The Morgan fingerprint density at radius 2 is 1.62 bits per heavy atom. The molecule has 8 N–H and O–H groups in total. The summed E-state index contributed by atoms with van der Waals surface area (Å²) in [6, 6.07) is 12.0. The van der Waals surface area contributed by atoms with Crippen LogP contribution in [-0.2, 0) is 30.6 Å². The smallest absolute Gasteiger partial charge is 0.435 e. The number of carbonyl (C=O) groups excluding carboxylic acids is 5. The number of nitrogens with two attached hydrogens (primary N) is 1. The largest absolute Gasteiger partial charge is 0.507 e. The van der Waals surface area contributed by atoms with Gasteiger partial charge in [-0.25, -0.2) is 27.8 Å². The number of aromatic hydroxyl groups is 1. The lowest BCUT2D eigenvalue weighted by atomic mass is 10.0. The first kappa shape index (κ1) is 53.5. The molecule has 0 saturated carbocycles. The number of amides is 5. The summed E-state index contributed by atoms with van der Waals surface area (Å²) in [6.07, 6.45) is 1.15. The molecule has 0 bridgehead atoms. The predicted molar refractivity (Wildman–Crippen MR) is 256 cm³/mol. The van der Waals surface area contributed by atoms with Gasteiger partial charge in [-0.05, 0) is 118 Å². The van der Waals surface area contributed by atoms with Crippen LogP contribution in [0, 0.1) is 6.92 Å². The molecule has 4 aromatic rings. The van der Waals surface area contributed by atoms with E-state index in [1.807, 2.05) is 11.8 Å². The number of phenols is 1. The molecular formula is C46H54F3N11O9S2. The van der Waals surface area contributed by atoms with Gasteiger partial charge in [0.25, 0.3) is 5.91 Å². The Balaban J connectivity index is 1.01. The standard InChI is InChI=1S/C46H54F3N11O9S2/c1-27-23-36(61)32(35-25-39(46(47,48)49)58-60(35)30-17-19-31(20-18-30)71(51,67)68)24-37(27)69-44(65)33(54-43(64)28-13-15-29(16-14-28)57-59-50)9-6-8-22-53-40(62)11-3-2-7-21-52-41(63)12-5-4-10-38-42-34(26-70-38)55-45(66)56-42/h13-20,23-25,33-34,38,42,61H,2-12,21-22,26H2,1H3,(H,52,63)(H,53,62)(H,54,64)(H2,51,67,68)(H2,55,56,66)/t33-,34-,38-,42+/m0/s1. The number of primary sulfonamides is 1. The number of unbranched alkanes of at least 4 members (excludes halogenated alkanes) is 4. The Kier molecular flexibility index (Phi) is 18.4. The number of nitrogens with one attached hydrogen (secondary N) is 5. The Bertz CT molecular complexity index is 2730. The van der Waals surface area contributed by atoms with Crippen molar-refractivity contribution in [3.8, 4) is 28.4 Å². The molecule has 71 heavy (non-hydrogen) atoms. The summed E-state index contributed by atoms with van der Waals surface area (Å²) in [5.41, 5.74) is 7.39. The van der Waals surface area contributed by atoms with Crippen molar-refractivity contribution in [3.63, 3.8) is 0 Å². The molecule has 2 aliphatic rings. The number of halogens is 3. The molecule has 4 atom stereocenters. The van der Waals surface area contributed by atoms with Crippen LogP contribution in [0.4, 0.5) is 23.7 Å². The summed E-state index contributed by atoms with van der Waals surface area (Å²) in [5.74, 6) is -1.61. The van der Waals surface area contributed by atoms with E-state index in [1.165, 1.54) is 49.4 Å². The highest BCUT2D eigenvalue weighted by Crippen LogP contribution is 2.40. The van der Waals surface area contributed by atoms with Crippen LogP contribution in [0.25, 0.3) is 27.4 Å². The average molecular weight is 1030 g/mol. The van der Waals surface area contributed by atoms with E-state index in [4.69, 9.17) is 15.4 Å². The van der Waals surface area contributed by atoms with Crippen LogP contribution in [-0.4, -0.2) is 95.2 Å². The van der Waals surface area contributed by atoms with E-state index in [9.17, 15) is 50.7 Å². The van der Waals surface area contributed by atoms with Gasteiger partial charge in [0.15, 0.2) is 5.69 Å². The van der Waals surface area contributed by atoms with Crippen LogP contribution in [0.15, 0.2) is 76.7 Å². The predicted octanol–water partition coefficient (Wildman–Crippen LogP) is 6.55. The highest BCUT2D eigenvalue weighted by molar-refractivity contribution is 8.00. The molecule has 5 amide bonds. The minimum absolute atomic E-state index is 0.0158. The van der Waals surface area contributed by atoms with Crippen LogP contribution in [0.5, 0.6) is 11.5 Å². The van der Waals surface area contributed by atoms with E-state index in [0.717, 1.165) is 54.3 Å². The number of aromatic nitrogens is 2. The number of esters is 1. The molecule has 25 heteroatoms. The first-order valence-electron chi connectivity index (χ1n) is 22.8. The van der Waals surface area contributed by atoms with E-state index < -0.39 is 45.6 Å². The topological polar surface area (TPSA) is 302 Å². The van der Waals surface area contributed by atoms with Gasteiger partial charge in [-0.1, -0.05) is 30.1 Å². The minimum Gasteiger partial charge on any atom is -0.507 e. The van der Waals surface area contributed by atoms with E-state index in [0.29, 0.717) is 50.0 Å².